The van der Waals surface area contributed by atoms with Crippen LogP contribution in [0.3, 0.4) is 0 Å². The van der Waals surface area contributed by atoms with Gasteiger partial charge in [0.2, 0.25) is 11.8 Å². The van der Waals surface area contributed by atoms with Gasteiger partial charge in [0.25, 0.3) is 0 Å². The molecule has 0 atom stereocenters. The summed E-state index contributed by atoms with van der Waals surface area (Å²) in [5.41, 5.74) is 3.31. The number of carboxylic acid groups (broad SMARTS) is 1. The molecule has 1 aromatic carbocycles. The van der Waals surface area contributed by atoms with E-state index in [-0.39, 0.29) is 23.9 Å². The number of anilines is 3. The van der Waals surface area contributed by atoms with Crippen LogP contribution in [0.15, 0.2) is 36.8 Å². The average molecular weight is 409 g/mol. The first kappa shape index (κ1) is 19.3. The van der Waals surface area contributed by atoms with E-state index in [1.807, 2.05) is 17.0 Å². The first-order valence-corrected chi connectivity index (χ1v) is 9.35. The van der Waals surface area contributed by atoms with Gasteiger partial charge >= 0.3 is 11.7 Å². The molecule has 0 spiro atoms. The van der Waals surface area contributed by atoms with Crippen LogP contribution in [0, 0.1) is 10.1 Å². The minimum absolute atomic E-state index is 0.0646. The fraction of sp³-hybridized carbons (Fsp3) is 0.263. The summed E-state index contributed by atoms with van der Waals surface area (Å²) in [4.78, 5) is 39.3. The number of fused-ring (bicyclic) bond motifs is 1. The van der Waals surface area contributed by atoms with Crippen LogP contribution in [0.2, 0.25) is 0 Å². The fourth-order valence-electron chi connectivity index (χ4n) is 3.31. The van der Waals surface area contributed by atoms with Gasteiger partial charge in [-0.1, -0.05) is 12.1 Å². The minimum Gasteiger partial charge on any atom is -0.481 e. The third-order valence-corrected chi connectivity index (χ3v) is 4.86. The van der Waals surface area contributed by atoms with E-state index < -0.39 is 10.9 Å². The summed E-state index contributed by atoms with van der Waals surface area (Å²) in [7, 11) is 0. The van der Waals surface area contributed by atoms with Gasteiger partial charge in [0.05, 0.1) is 23.5 Å². The van der Waals surface area contributed by atoms with E-state index in [1.54, 1.807) is 18.5 Å². The van der Waals surface area contributed by atoms with Gasteiger partial charge in [-0.2, -0.15) is 4.98 Å². The molecule has 11 nitrogen and oxygen atoms in total. The number of hydrogen-bond acceptors (Lipinski definition) is 8. The van der Waals surface area contributed by atoms with E-state index >= 15 is 0 Å². The maximum absolute atomic E-state index is 11.5. The van der Waals surface area contributed by atoms with E-state index in [2.05, 4.69) is 25.3 Å². The van der Waals surface area contributed by atoms with E-state index in [4.69, 9.17) is 5.11 Å². The van der Waals surface area contributed by atoms with Crippen molar-refractivity contribution in [2.24, 2.45) is 0 Å². The van der Waals surface area contributed by atoms with E-state index in [9.17, 15) is 14.9 Å². The third-order valence-electron chi connectivity index (χ3n) is 4.86. The number of aryl methyl sites for hydroxylation is 1. The number of hydrogen-bond donors (Lipinski definition) is 3. The van der Waals surface area contributed by atoms with Crippen molar-refractivity contribution in [1.82, 2.24) is 19.9 Å². The summed E-state index contributed by atoms with van der Waals surface area (Å²) in [5, 5.41) is 23.3. The minimum atomic E-state index is -0.844. The summed E-state index contributed by atoms with van der Waals surface area (Å²) in [6.45, 7) is 0.999. The highest BCUT2D eigenvalue weighted by Crippen LogP contribution is 2.30. The molecule has 0 unspecified atom stereocenters. The van der Waals surface area contributed by atoms with Gasteiger partial charge in [-0.05, 0) is 24.1 Å². The highest BCUT2D eigenvalue weighted by molar-refractivity contribution is 5.67. The molecular weight excluding hydrogens is 390 g/mol. The largest absolute Gasteiger partial charge is 0.481 e. The first-order chi connectivity index (χ1) is 14.5. The van der Waals surface area contributed by atoms with E-state index in [0.717, 1.165) is 17.0 Å². The number of H-pyrrole nitrogens is 1. The summed E-state index contributed by atoms with van der Waals surface area (Å²) >= 11 is 0. The molecule has 0 fully saturated rings. The number of carboxylic acids is 1. The van der Waals surface area contributed by atoms with E-state index in [0.29, 0.717) is 31.6 Å². The molecule has 0 saturated heterocycles. The van der Waals surface area contributed by atoms with Gasteiger partial charge in [0.15, 0.2) is 0 Å². The second-order valence-electron chi connectivity index (χ2n) is 6.87. The van der Waals surface area contributed by atoms with Gasteiger partial charge in [0.1, 0.15) is 6.20 Å². The molecule has 0 bridgehead atoms. The van der Waals surface area contributed by atoms with Gasteiger partial charge in [-0.15, -0.1) is 0 Å². The zero-order valence-corrected chi connectivity index (χ0v) is 15.9. The Hall–Kier alpha value is -4.02. The Bertz CT molecular complexity index is 1080. The molecule has 3 N–H and O–H groups in total. The van der Waals surface area contributed by atoms with Crippen LogP contribution >= 0.6 is 0 Å². The average Bonchev–Trinajstić information content (AvgIpc) is 3.21. The topological polar surface area (TPSA) is 150 Å². The lowest BCUT2D eigenvalue weighted by Gasteiger charge is -2.26. The first-order valence-electron chi connectivity index (χ1n) is 9.35. The molecular formula is C19H19N7O4. The smallest absolute Gasteiger partial charge is 0.329 e. The van der Waals surface area contributed by atoms with Crippen molar-refractivity contribution in [2.45, 2.75) is 25.8 Å². The van der Waals surface area contributed by atoms with E-state index in [1.165, 1.54) is 6.20 Å². The Morgan fingerprint density at radius 1 is 1.30 bits per heavy atom. The molecule has 3 aromatic rings. The van der Waals surface area contributed by atoms with Gasteiger partial charge in [-0.3, -0.25) is 14.9 Å². The van der Waals surface area contributed by atoms with Gasteiger partial charge in [0, 0.05) is 30.8 Å². The summed E-state index contributed by atoms with van der Waals surface area (Å²) in [6.07, 6.45) is 4.02. The Morgan fingerprint density at radius 3 is 2.83 bits per heavy atom. The molecule has 30 heavy (non-hydrogen) atoms. The number of nitro groups is 1. The molecule has 11 heteroatoms. The van der Waals surface area contributed by atoms with Gasteiger partial charge < -0.3 is 20.3 Å². The van der Waals surface area contributed by atoms with Crippen molar-refractivity contribution in [2.75, 3.05) is 16.8 Å². The second-order valence-corrected chi connectivity index (χ2v) is 6.87. The molecule has 0 radical (unpaired) electrons. The summed E-state index contributed by atoms with van der Waals surface area (Å²) in [5.74, 6) is -0.366. The standard InChI is InChI=1S/C19H19N7O4/c27-17(28)6-3-12-1-4-13(5-2-12)23-19-20-9-16(26(29)30)18(24-19)25-8-7-14-15(10-25)22-11-21-14/h1-2,4-5,9,11H,3,6-8,10H2,(H,21,22)(H,27,28)(H,20,23,24). The number of aliphatic carboxylic acids is 1. The molecule has 4 rings (SSSR count). The Labute approximate surface area is 171 Å². The highest BCUT2D eigenvalue weighted by Gasteiger charge is 2.27. The van der Waals surface area contributed by atoms with Crippen LogP contribution in [0.1, 0.15) is 23.4 Å². The Balaban J connectivity index is 1.54. The van der Waals surface area contributed by atoms with Crippen molar-refractivity contribution < 1.29 is 14.8 Å². The zero-order valence-electron chi connectivity index (χ0n) is 15.9. The number of aromatic nitrogens is 4. The number of rotatable bonds is 7. The van der Waals surface area contributed by atoms with Crippen molar-refractivity contribution in [1.29, 1.82) is 0 Å². The summed E-state index contributed by atoms with van der Waals surface area (Å²) < 4.78 is 0. The van der Waals surface area contributed by atoms with Crippen molar-refractivity contribution in [3.63, 3.8) is 0 Å². The predicted molar refractivity (Wildman–Crippen MR) is 108 cm³/mol. The maximum atomic E-state index is 11.5. The molecule has 0 saturated carbocycles. The SMILES string of the molecule is O=C(O)CCc1ccc(Nc2ncc([N+](=O)[O-])c(N3CCc4[nH]cnc4C3)n2)cc1. The lowest BCUT2D eigenvalue weighted by molar-refractivity contribution is -0.384. The third kappa shape index (κ3) is 4.19. The molecule has 1 aliphatic rings. The van der Waals surface area contributed by atoms with Crippen LogP contribution < -0.4 is 10.2 Å². The van der Waals surface area contributed by atoms with Gasteiger partial charge in [-0.25, -0.2) is 9.97 Å². The number of benzene rings is 1. The lowest BCUT2D eigenvalue weighted by Crippen LogP contribution is -2.32. The van der Waals surface area contributed by atoms with Crippen LogP contribution in [-0.4, -0.2) is 42.5 Å². The Kier molecular flexibility index (Phi) is 5.24. The Morgan fingerprint density at radius 2 is 2.10 bits per heavy atom. The number of carbonyl (C=O) groups is 1. The molecule has 0 aliphatic carbocycles. The van der Waals surface area contributed by atoms with Crippen LogP contribution in [-0.2, 0) is 24.2 Å². The molecule has 3 heterocycles. The van der Waals surface area contributed by atoms with Crippen molar-refractivity contribution in [3.8, 4) is 0 Å². The van der Waals surface area contributed by atoms with Crippen molar-refractivity contribution >= 4 is 29.1 Å². The molecule has 2 aromatic heterocycles. The summed E-state index contributed by atoms with van der Waals surface area (Å²) in [6, 6.07) is 7.22. The van der Waals surface area contributed by atoms with Crippen LogP contribution in [0.4, 0.5) is 23.1 Å². The molecule has 0 amide bonds. The molecule has 154 valence electrons. The van der Waals surface area contributed by atoms with Crippen LogP contribution in [0.5, 0.6) is 0 Å². The number of nitrogens with zero attached hydrogens (tertiary/aromatic N) is 5. The fourth-order valence-corrected chi connectivity index (χ4v) is 3.31. The number of imidazole rings is 1. The monoisotopic (exact) mass is 409 g/mol. The van der Waals surface area contributed by atoms with Crippen LogP contribution in [0.25, 0.3) is 0 Å². The van der Waals surface area contributed by atoms with Crippen molar-refractivity contribution in [3.05, 3.63) is 63.9 Å². The zero-order chi connectivity index (χ0) is 21.1. The maximum Gasteiger partial charge on any atom is 0.329 e. The normalized spacial score (nSPS) is 13.0. The molecule has 1 aliphatic heterocycles. The number of aromatic amines is 1. The lowest BCUT2D eigenvalue weighted by atomic mass is 10.1. The number of nitrogens with one attached hydrogen (secondary N) is 2. The predicted octanol–water partition coefficient (Wildman–Crippen LogP) is 2.43. The highest BCUT2D eigenvalue weighted by atomic mass is 16.6. The quantitative estimate of drug-likeness (QED) is 0.395. The second kappa shape index (κ2) is 8.15.